The van der Waals surface area contributed by atoms with Crippen molar-refractivity contribution >= 4 is 27.7 Å². The molecule has 6 heteroatoms. The molecule has 0 aromatic carbocycles. The Hall–Kier alpha value is -1.17. The Labute approximate surface area is 118 Å². The summed E-state index contributed by atoms with van der Waals surface area (Å²) in [5, 5.41) is 9.04. The summed E-state index contributed by atoms with van der Waals surface area (Å²) in [5.74, 6) is -0.864. The molecule has 1 aromatic rings. The molecule has 0 amide bonds. The van der Waals surface area contributed by atoms with Crippen LogP contribution < -0.4 is 4.90 Å². The largest absolute Gasteiger partial charge is 0.481 e. The van der Waals surface area contributed by atoms with Gasteiger partial charge in [0.25, 0.3) is 0 Å². The van der Waals surface area contributed by atoms with Gasteiger partial charge in [-0.2, -0.15) is 0 Å². The van der Waals surface area contributed by atoms with E-state index in [2.05, 4.69) is 20.9 Å². The van der Waals surface area contributed by atoms with Crippen molar-refractivity contribution in [3.63, 3.8) is 0 Å². The Kier molecular flexibility index (Phi) is 3.00. The molecular weight excluding hydrogens is 315 g/mol. The number of carboxylic acids is 1. The molecule has 1 unspecified atom stereocenters. The monoisotopic (exact) mass is 328 g/mol. The summed E-state index contributed by atoms with van der Waals surface area (Å²) in [6.07, 6.45) is 2.37. The number of piperidine rings is 1. The van der Waals surface area contributed by atoms with Crippen LogP contribution in [0.2, 0.25) is 0 Å². The summed E-state index contributed by atoms with van der Waals surface area (Å²) in [4.78, 5) is 17.1. The number of nitrogens with zero attached hydrogens (tertiary/aromatic N) is 2. The van der Waals surface area contributed by atoms with Crippen LogP contribution in [0.15, 0.2) is 16.7 Å². The van der Waals surface area contributed by atoms with Crippen LogP contribution in [-0.2, 0) is 4.79 Å². The van der Waals surface area contributed by atoms with Crippen molar-refractivity contribution in [2.24, 2.45) is 11.3 Å². The summed E-state index contributed by atoms with van der Waals surface area (Å²) in [6.45, 7) is 1.34. The Morgan fingerprint density at radius 3 is 2.74 bits per heavy atom. The fraction of sp³-hybridized carbons (Fsp3) is 0.538. The van der Waals surface area contributed by atoms with Crippen molar-refractivity contribution in [1.82, 2.24) is 4.98 Å². The molecular formula is C13H14BrFN2O2. The standard InChI is InChI=1S/C13H14BrFN2O2/c14-10-2-1-9(15)11(16-10)17-5-3-13(4-6-17)7-8(13)12(18)19/h1-2,8H,3-7H2,(H,18,19). The molecule has 0 bridgehead atoms. The molecule has 102 valence electrons. The van der Waals surface area contributed by atoms with Crippen LogP contribution in [0, 0.1) is 17.2 Å². The highest BCUT2D eigenvalue weighted by atomic mass is 79.9. The van der Waals surface area contributed by atoms with E-state index in [1.807, 2.05) is 4.90 Å². The zero-order chi connectivity index (χ0) is 13.6. The highest BCUT2D eigenvalue weighted by Gasteiger charge is 2.58. The zero-order valence-corrected chi connectivity index (χ0v) is 11.9. The molecule has 1 saturated heterocycles. The number of rotatable bonds is 2. The van der Waals surface area contributed by atoms with Gasteiger partial charge in [-0.25, -0.2) is 9.37 Å². The van der Waals surface area contributed by atoms with Crippen molar-refractivity contribution in [2.75, 3.05) is 18.0 Å². The SMILES string of the molecule is O=C(O)C1CC12CCN(c1nc(Br)ccc1F)CC2. The van der Waals surface area contributed by atoms with Crippen molar-refractivity contribution in [1.29, 1.82) is 0 Å². The van der Waals surface area contributed by atoms with Crippen LogP contribution in [-0.4, -0.2) is 29.1 Å². The van der Waals surface area contributed by atoms with Gasteiger partial charge in [-0.05, 0) is 52.7 Å². The summed E-state index contributed by atoms with van der Waals surface area (Å²) in [7, 11) is 0. The van der Waals surface area contributed by atoms with Crippen LogP contribution in [0.25, 0.3) is 0 Å². The third-order valence-corrected chi connectivity index (χ3v) is 4.78. The van der Waals surface area contributed by atoms with Gasteiger partial charge in [0.05, 0.1) is 5.92 Å². The first kappa shape index (κ1) is 12.8. The van der Waals surface area contributed by atoms with E-state index in [1.54, 1.807) is 6.07 Å². The van der Waals surface area contributed by atoms with Gasteiger partial charge >= 0.3 is 5.97 Å². The highest BCUT2D eigenvalue weighted by Crippen LogP contribution is 2.59. The molecule has 2 heterocycles. The number of hydrogen-bond donors (Lipinski definition) is 1. The summed E-state index contributed by atoms with van der Waals surface area (Å²) >= 11 is 3.24. The smallest absolute Gasteiger partial charge is 0.307 e. The first-order chi connectivity index (χ1) is 9.02. The Morgan fingerprint density at radius 1 is 1.47 bits per heavy atom. The van der Waals surface area contributed by atoms with Crippen LogP contribution in [0.3, 0.4) is 0 Å². The Morgan fingerprint density at radius 2 is 2.16 bits per heavy atom. The van der Waals surface area contributed by atoms with Gasteiger partial charge in [-0.1, -0.05) is 0 Å². The van der Waals surface area contributed by atoms with Crippen molar-refractivity contribution in [3.05, 3.63) is 22.6 Å². The van der Waals surface area contributed by atoms with Gasteiger partial charge in [-0.3, -0.25) is 4.79 Å². The van der Waals surface area contributed by atoms with Crippen LogP contribution in [0.4, 0.5) is 10.2 Å². The Bertz CT molecular complexity index is 529. The van der Waals surface area contributed by atoms with E-state index in [0.717, 1.165) is 19.3 Å². The Balaban J connectivity index is 1.71. The molecule has 0 radical (unpaired) electrons. The first-order valence-electron chi connectivity index (χ1n) is 6.32. The number of hydrogen-bond acceptors (Lipinski definition) is 3. The van der Waals surface area contributed by atoms with Crippen molar-refractivity contribution in [3.8, 4) is 0 Å². The van der Waals surface area contributed by atoms with Gasteiger partial charge in [0, 0.05) is 13.1 Å². The molecule has 2 fully saturated rings. The third-order valence-electron chi connectivity index (χ3n) is 4.34. The van der Waals surface area contributed by atoms with Crippen LogP contribution in [0.1, 0.15) is 19.3 Å². The van der Waals surface area contributed by atoms with Gasteiger partial charge in [-0.15, -0.1) is 0 Å². The fourth-order valence-electron chi connectivity index (χ4n) is 3.04. The minimum absolute atomic E-state index is 0.0369. The molecule has 1 aromatic heterocycles. The predicted molar refractivity (Wildman–Crippen MR) is 71.5 cm³/mol. The van der Waals surface area contributed by atoms with Crippen LogP contribution in [0.5, 0.6) is 0 Å². The molecule has 1 aliphatic carbocycles. The average molecular weight is 329 g/mol. The number of aliphatic carboxylic acids is 1. The molecule has 3 rings (SSSR count). The lowest BCUT2D eigenvalue weighted by atomic mass is 9.91. The maximum Gasteiger partial charge on any atom is 0.307 e. The summed E-state index contributed by atoms with van der Waals surface area (Å²) in [6, 6.07) is 2.97. The first-order valence-corrected chi connectivity index (χ1v) is 7.11. The maximum absolute atomic E-state index is 13.7. The molecule has 1 aliphatic heterocycles. The lowest BCUT2D eigenvalue weighted by Gasteiger charge is -2.33. The van der Waals surface area contributed by atoms with E-state index in [4.69, 9.17) is 5.11 Å². The number of anilines is 1. The van der Waals surface area contributed by atoms with Gasteiger partial charge in [0.15, 0.2) is 11.6 Å². The van der Waals surface area contributed by atoms with E-state index >= 15 is 0 Å². The maximum atomic E-state index is 13.7. The highest BCUT2D eigenvalue weighted by molar-refractivity contribution is 9.10. The van der Waals surface area contributed by atoms with E-state index < -0.39 is 5.97 Å². The van der Waals surface area contributed by atoms with Crippen LogP contribution >= 0.6 is 15.9 Å². The molecule has 1 saturated carbocycles. The zero-order valence-electron chi connectivity index (χ0n) is 10.3. The van der Waals surface area contributed by atoms with Gasteiger partial charge in [0.2, 0.25) is 0 Å². The lowest BCUT2D eigenvalue weighted by molar-refractivity contribution is -0.139. The number of halogens is 2. The second-order valence-electron chi connectivity index (χ2n) is 5.38. The molecule has 4 nitrogen and oxygen atoms in total. The molecule has 2 aliphatic rings. The number of pyridine rings is 1. The molecule has 19 heavy (non-hydrogen) atoms. The second-order valence-corrected chi connectivity index (χ2v) is 6.20. The molecule has 1 spiro atoms. The number of aromatic nitrogens is 1. The minimum atomic E-state index is -0.694. The lowest BCUT2D eigenvalue weighted by Crippen LogP contribution is -2.36. The summed E-state index contributed by atoms with van der Waals surface area (Å²) in [5.41, 5.74) is -0.0369. The number of carbonyl (C=O) groups is 1. The van der Waals surface area contributed by atoms with Crippen molar-refractivity contribution < 1.29 is 14.3 Å². The quantitative estimate of drug-likeness (QED) is 0.848. The van der Waals surface area contributed by atoms with E-state index in [1.165, 1.54) is 6.07 Å². The topological polar surface area (TPSA) is 53.4 Å². The normalized spacial score (nSPS) is 24.5. The molecule has 1 atom stereocenters. The molecule has 1 N–H and O–H groups in total. The van der Waals surface area contributed by atoms with E-state index in [0.29, 0.717) is 23.5 Å². The van der Waals surface area contributed by atoms with Crippen molar-refractivity contribution in [2.45, 2.75) is 19.3 Å². The number of carboxylic acid groups (broad SMARTS) is 1. The second kappa shape index (κ2) is 4.44. The van der Waals surface area contributed by atoms with Gasteiger partial charge < -0.3 is 10.0 Å². The fourth-order valence-corrected chi connectivity index (χ4v) is 3.34. The minimum Gasteiger partial charge on any atom is -0.481 e. The van der Waals surface area contributed by atoms with E-state index in [9.17, 15) is 9.18 Å². The predicted octanol–water partition coefficient (Wildman–Crippen LogP) is 2.67. The van der Waals surface area contributed by atoms with Gasteiger partial charge in [0.1, 0.15) is 4.60 Å². The summed E-state index contributed by atoms with van der Waals surface area (Å²) < 4.78 is 14.4. The third kappa shape index (κ3) is 2.22. The van der Waals surface area contributed by atoms with E-state index in [-0.39, 0.29) is 17.2 Å². The average Bonchev–Trinajstić information content (AvgIpc) is 3.08.